The van der Waals surface area contributed by atoms with Crippen molar-refractivity contribution in [1.29, 1.82) is 0 Å². The predicted molar refractivity (Wildman–Crippen MR) is 73.6 cm³/mol. The molecule has 2 rings (SSSR count). The van der Waals surface area contributed by atoms with Crippen molar-refractivity contribution >= 4 is 11.6 Å². The normalized spacial score (nSPS) is 11.2. The molecule has 0 saturated heterocycles. The summed E-state index contributed by atoms with van der Waals surface area (Å²) in [6, 6.07) is 6.73. The van der Waals surface area contributed by atoms with E-state index >= 15 is 0 Å². The quantitative estimate of drug-likeness (QED) is 0.787. The van der Waals surface area contributed by atoms with Gasteiger partial charge >= 0.3 is 0 Å². The fraction of sp³-hybridized carbons (Fsp3) is 0.429. The summed E-state index contributed by atoms with van der Waals surface area (Å²) in [6.07, 6.45) is 0.434. The van der Waals surface area contributed by atoms with Gasteiger partial charge in [0.15, 0.2) is 0 Å². The Morgan fingerprint density at radius 1 is 1.21 bits per heavy atom. The lowest BCUT2D eigenvalue weighted by Gasteiger charge is -2.12. The lowest BCUT2D eigenvalue weighted by molar-refractivity contribution is 0.498. The smallest absolute Gasteiger partial charge is 0.147 e. The first-order valence-electron chi connectivity index (χ1n) is 6.32. The molecule has 0 aliphatic heterocycles. The topological polar surface area (TPSA) is 30.7 Å². The van der Waals surface area contributed by atoms with E-state index in [-0.39, 0.29) is 5.82 Å². The number of hydrogen-bond donors (Lipinski definition) is 0. The maximum atomic E-state index is 13.7. The van der Waals surface area contributed by atoms with Crippen LogP contribution in [0.15, 0.2) is 24.3 Å². The van der Waals surface area contributed by atoms with Crippen LogP contribution in [0.3, 0.4) is 0 Å². The number of nitrogens with zero attached hydrogens (tertiary/aromatic N) is 3. The van der Waals surface area contributed by atoms with Crippen LogP contribution in [0.4, 0.5) is 4.39 Å². The highest BCUT2D eigenvalue weighted by Gasteiger charge is 2.14. The van der Waals surface area contributed by atoms with Crippen LogP contribution in [0.25, 0.3) is 0 Å². The molecule has 0 fully saturated rings. The van der Waals surface area contributed by atoms with Crippen LogP contribution < -0.4 is 0 Å². The second-order valence-corrected chi connectivity index (χ2v) is 5.21. The number of hydrogen-bond acceptors (Lipinski definition) is 2. The molecule has 102 valence electrons. The Bertz CT molecular complexity index is 551. The van der Waals surface area contributed by atoms with E-state index in [2.05, 4.69) is 24.0 Å². The standard InChI is InChI=1S/C14H17ClFN3/c1-10(2)9-19-13(17-18-14(19)8-15)7-11-5-3-4-6-12(11)16/h3-6,10H,7-9H2,1-2H3. The third-order valence-corrected chi connectivity index (χ3v) is 3.12. The first-order valence-corrected chi connectivity index (χ1v) is 6.85. The summed E-state index contributed by atoms with van der Waals surface area (Å²) in [5.41, 5.74) is 0.626. The van der Waals surface area contributed by atoms with Gasteiger partial charge in [-0.3, -0.25) is 0 Å². The molecule has 1 heterocycles. The third-order valence-electron chi connectivity index (χ3n) is 2.88. The van der Waals surface area contributed by atoms with Gasteiger partial charge in [0, 0.05) is 13.0 Å². The number of benzene rings is 1. The van der Waals surface area contributed by atoms with Crippen LogP contribution in [0, 0.1) is 11.7 Å². The molecule has 0 aliphatic rings. The molecule has 0 atom stereocenters. The summed E-state index contributed by atoms with van der Waals surface area (Å²) in [5, 5.41) is 8.21. The van der Waals surface area contributed by atoms with Crippen molar-refractivity contribution in [3.8, 4) is 0 Å². The molecule has 0 spiro atoms. The van der Waals surface area contributed by atoms with Crippen LogP contribution in [0.1, 0.15) is 31.1 Å². The fourth-order valence-corrected chi connectivity index (χ4v) is 2.19. The van der Waals surface area contributed by atoms with Crippen molar-refractivity contribution in [2.24, 2.45) is 5.92 Å². The largest absolute Gasteiger partial charge is 0.313 e. The molecule has 0 saturated carbocycles. The van der Waals surface area contributed by atoms with E-state index in [0.29, 0.717) is 23.8 Å². The molecular weight excluding hydrogens is 265 g/mol. The van der Waals surface area contributed by atoms with Crippen LogP contribution in [-0.2, 0) is 18.8 Å². The van der Waals surface area contributed by atoms with E-state index in [1.54, 1.807) is 12.1 Å². The second kappa shape index (κ2) is 6.15. The fourth-order valence-electron chi connectivity index (χ4n) is 1.99. The molecular formula is C14H17ClFN3. The number of halogens is 2. The highest BCUT2D eigenvalue weighted by atomic mass is 35.5. The summed E-state index contributed by atoms with van der Waals surface area (Å²) in [4.78, 5) is 0. The highest BCUT2D eigenvalue weighted by Crippen LogP contribution is 2.15. The van der Waals surface area contributed by atoms with Crippen molar-refractivity contribution < 1.29 is 4.39 Å². The zero-order chi connectivity index (χ0) is 13.8. The highest BCUT2D eigenvalue weighted by molar-refractivity contribution is 6.16. The van der Waals surface area contributed by atoms with Crippen molar-refractivity contribution in [3.05, 3.63) is 47.3 Å². The van der Waals surface area contributed by atoms with Crippen LogP contribution >= 0.6 is 11.6 Å². The molecule has 3 nitrogen and oxygen atoms in total. The monoisotopic (exact) mass is 281 g/mol. The first-order chi connectivity index (χ1) is 9.11. The molecule has 1 aromatic heterocycles. The van der Waals surface area contributed by atoms with Crippen LogP contribution in [0.2, 0.25) is 0 Å². The van der Waals surface area contributed by atoms with Gasteiger partial charge in [-0.25, -0.2) is 4.39 Å². The summed E-state index contributed by atoms with van der Waals surface area (Å²) in [6.45, 7) is 5.02. The van der Waals surface area contributed by atoms with Gasteiger partial charge in [0.2, 0.25) is 0 Å². The van der Waals surface area contributed by atoms with Crippen molar-refractivity contribution in [3.63, 3.8) is 0 Å². The van der Waals surface area contributed by atoms with E-state index in [4.69, 9.17) is 11.6 Å². The Balaban J connectivity index is 2.30. The van der Waals surface area contributed by atoms with Crippen molar-refractivity contribution in [2.75, 3.05) is 0 Å². The van der Waals surface area contributed by atoms with Gasteiger partial charge in [-0.05, 0) is 17.5 Å². The van der Waals surface area contributed by atoms with E-state index in [0.717, 1.165) is 18.2 Å². The average molecular weight is 282 g/mol. The first kappa shape index (κ1) is 14.0. The Morgan fingerprint density at radius 3 is 2.53 bits per heavy atom. The molecule has 0 aliphatic carbocycles. The SMILES string of the molecule is CC(C)Cn1c(CCl)nnc1Cc1ccccc1F. The Labute approximate surface area is 117 Å². The lowest BCUT2D eigenvalue weighted by Crippen LogP contribution is -2.12. The summed E-state index contributed by atoms with van der Waals surface area (Å²) < 4.78 is 15.7. The van der Waals surface area contributed by atoms with Gasteiger partial charge in [-0.1, -0.05) is 32.0 Å². The molecule has 5 heteroatoms. The minimum Gasteiger partial charge on any atom is -0.313 e. The second-order valence-electron chi connectivity index (χ2n) is 4.94. The number of alkyl halides is 1. The minimum atomic E-state index is -0.214. The zero-order valence-corrected chi connectivity index (χ0v) is 11.9. The van der Waals surface area contributed by atoms with Crippen molar-refractivity contribution in [2.45, 2.75) is 32.7 Å². The molecule has 0 amide bonds. The Hall–Kier alpha value is -1.42. The van der Waals surface area contributed by atoms with E-state index in [9.17, 15) is 4.39 Å². The van der Waals surface area contributed by atoms with Gasteiger partial charge in [0.25, 0.3) is 0 Å². The third kappa shape index (κ3) is 3.32. The summed E-state index contributed by atoms with van der Waals surface area (Å²) >= 11 is 5.87. The van der Waals surface area contributed by atoms with Crippen molar-refractivity contribution in [1.82, 2.24) is 14.8 Å². The number of rotatable bonds is 5. The number of aromatic nitrogens is 3. The van der Waals surface area contributed by atoms with E-state index in [1.807, 2.05) is 10.6 Å². The molecule has 0 unspecified atom stereocenters. The van der Waals surface area contributed by atoms with Gasteiger partial charge in [0.05, 0.1) is 5.88 Å². The molecule has 0 bridgehead atoms. The zero-order valence-electron chi connectivity index (χ0n) is 11.1. The van der Waals surface area contributed by atoms with Crippen LogP contribution in [-0.4, -0.2) is 14.8 Å². The van der Waals surface area contributed by atoms with E-state index in [1.165, 1.54) is 6.07 Å². The van der Waals surface area contributed by atoms with Gasteiger partial charge in [0.1, 0.15) is 17.5 Å². The minimum absolute atomic E-state index is 0.214. The van der Waals surface area contributed by atoms with E-state index < -0.39 is 0 Å². The maximum absolute atomic E-state index is 13.7. The van der Waals surface area contributed by atoms with Gasteiger partial charge in [-0.15, -0.1) is 21.8 Å². The molecule has 0 N–H and O–H groups in total. The summed E-state index contributed by atoms with van der Waals surface area (Å²) in [7, 11) is 0. The average Bonchev–Trinajstić information content (AvgIpc) is 2.74. The molecule has 19 heavy (non-hydrogen) atoms. The van der Waals surface area contributed by atoms with Crippen LogP contribution in [0.5, 0.6) is 0 Å². The van der Waals surface area contributed by atoms with Gasteiger partial charge in [-0.2, -0.15) is 0 Å². The molecule has 2 aromatic rings. The Kier molecular flexibility index (Phi) is 4.53. The van der Waals surface area contributed by atoms with Gasteiger partial charge < -0.3 is 4.57 Å². The lowest BCUT2D eigenvalue weighted by atomic mass is 10.1. The molecule has 1 aromatic carbocycles. The Morgan fingerprint density at radius 2 is 1.89 bits per heavy atom. The summed E-state index contributed by atoms with van der Waals surface area (Å²) in [5.74, 6) is 2.05. The predicted octanol–water partition coefficient (Wildman–Crippen LogP) is 3.40. The molecule has 0 radical (unpaired) electrons. The maximum Gasteiger partial charge on any atom is 0.147 e.